The van der Waals surface area contributed by atoms with Gasteiger partial charge in [-0.05, 0) is 30.3 Å². The van der Waals surface area contributed by atoms with Gasteiger partial charge < -0.3 is 5.32 Å². The monoisotopic (exact) mass is 248 g/mol. The number of hydrogen-bond acceptors (Lipinski definition) is 2. The summed E-state index contributed by atoms with van der Waals surface area (Å²) in [4.78, 5) is 4.52. The molecule has 94 valence electrons. The van der Waals surface area contributed by atoms with Gasteiger partial charge in [0, 0.05) is 23.7 Å². The van der Waals surface area contributed by atoms with Gasteiger partial charge in [-0.1, -0.05) is 42.5 Å². The van der Waals surface area contributed by atoms with E-state index in [1.54, 1.807) is 0 Å². The van der Waals surface area contributed by atoms with E-state index in [0.29, 0.717) is 0 Å². The summed E-state index contributed by atoms with van der Waals surface area (Å²) >= 11 is 0. The van der Waals surface area contributed by atoms with Crippen LogP contribution in [0.15, 0.2) is 60.8 Å². The van der Waals surface area contributed by atoms with Crippen LogP contribution in [0, 0.1) is 0 Å². The van der Waals surface area contributed by atoms with E-state index in [2.05, 4.69) is 58.8 Å². The van der Waals surface area contributed by atoms with Gasteiger partial charge >= 0.3 is 0 Å². The lowest BCUT2D eigenvalue weighted by Gasteiger charge is -2.08. The average molecular weight is 248 g/mol. The Hall–Kier alpha value is -2.19. The van der Waals surface area contributed by atoms with Crippen LogP contribution in [-0.4, -0.2) is 12.0 Å². The van der Waals surface area contributed by atoms with Crippen LogP contribution in [-0.2, 0) is 6.54 Å². The molecule has 0 spiro atoms. The lowest BCUT2D eigenvalue weighted by Crippen LogP contribution is -2.04. The zero-order valence-corrected chi connectivity index (χ0v) is 10.9. The summed E-state index contributed by atoms with van der Waals surface area (Å²) in [7, 11) is 1.96. The molecule has 0 atom stereocenters. The average Bonchev–Trinajstić information content (AvgIpc) is 2.47. The number of fused-ring (bicyclic) bond motifs is 1. The van der Waals surface area contributed by atoms with Gasteiger partial charge in [0.2, 0.25) is 0 Å². The first-order valence-corrected chi connectivity index (χ1v) is 6.46. The number of para-hydroxylation sites is 1. The minimum absolute atomic E-state index is 0.881. The van der Waals surface area contributed by atoms with Crippen molar-refractivity contribution in [3.63, 3.8) is 0 Å². The number of hydrogen-bond donors (Lipinski definition) is 1. The fraction of sp³-hybridized carbons (Fsp3) is 0.118. The molecule has 19 heavy (non-hydrogen) atoms. The van der Waals surface area contributed by atoms with Crippen LogP contribution in [0.4, 0.5) is 0 Å². The van der Waals surface area contributed by atoms with Crippen LogP contribution in [0.1, 0.15) is 5.56 Å². The molecule has 0 amide bonds. The summed E-state index contributed by atoms with van der Waals surface area (Å²) in [6.07, 6.45) is 1.85. The van der Waals surface area contributed by atoms with E-state index in [1.165, 1.54) is 22.1 Å². The van der Waals surface area contributed by atoms with Gasteiger partial charge in [-0.2, -0.15) is 0 Å². The third kappa shape index (κ3) is 2.35. The highest BCUT2D eigenvalue weighted by atomic mass is 14.8. The van der Waals surface area contributed by atoms with Gasteiger partial charge in [-0.15, -0.1) is 0 Å². The van der Waals surface area contributed by atoms with Crippen molar-refractivity contribution in [1.82, 2.24) is 10.3 Å². The second-order valence-electron chi connectivity index (χ2n) is 4.61. The maximum Gasteiger partial charge on any atom is 0.0780 e. The molecule has 0 aliphatic rings. The first-order chi connectivity index (χ1) is 9.38. The smallest absolute Gasteiger partial charge is 0.0780 e. The molecule has 1 aromatic heterocycles. The third-order valence-corrected chi connectivity index (χ3v) is 3.25. The highest BCUT2D eigenvalue weighted by Gasteiger charge is 2.04. The summed E-state index contributed by atoms with van der Waals surface area (Å²) < 4.78 is 0. The first-order valence-electron chi connectivity index (χ1n) is 6.46. The number of rotatable bonds is 3. The molecule has 0 aliphatic carbocycles. The quantitative estimate of drug-likeness (QED) is 0.765. The molecule has 2 aromatic carbocycles. The highest BCUT2D eigenvalue weighted by Crippen LogP contribution is 2.27. The van der Waals surface area contributed by atoms with Crippen molar-refractivity contribution in [2.45, 2.75) is 6.54 Å². The SMILES string of the molecule is CNCc1cccc(-c2cccc3cccnc23)c1. The third-order valence-electron chi connectivity index (χ3n) is 3.25. The second kappa shape index (κ2) is 5.21. The number of pyridine rings is 1. The predicted molar refractivity (Wildman–Crippen MR) is 79.9 cm³/mol. The molecule has 3 rings (SSSR count). The first kappa shape index (κ1) is 11.9. The Kier molecular flexibility index (Phi) is 3.25. The lowest BCUT2D eigenvalue weighted by molar-refractivity contribution is 0.818. The zero-order chi connectivity index (χ0) is 13.1. The Morgan fingerprint density at radius 2 is 1.84 bits per heavy atom. The number of nitrogens with one attached hydrogen (secondary N) is 1. The summed E-state index contributed by atoms with van der Waals surface area (Å²) in [5.41, 5.74) is 4.76. The van der Waals surface area contributed by atoms with Crippen LogP contribution in [0.25, 0.3) is 22.0 Å². The maximum absolute atomic E-state index is 4.52. The van der Waals surface area contributed by atoms with Crippen molar-refractivity contribution in [2.24, 2.45) is 0 Å². The second-order valence-corrected chi connectivity index (χ2v) is 4.61. The molecule has 2 nitrogen and oxygen atoms in total. The normalized spacial score (nSPS) is 10.8. The Labute approximate surface area is 113 Å². The fourth-order valence-electron chi connectivity index (χ4n) is 2.39. The van der Waals surface area contributed by atoms with Crippen LogP contribution in [0.2, 0.25) is 0 Å². The Morgan fingerprint density at radius 3 is 2.74 bits per heavy atom. The molecular weight excluding hydrogens is 232 g/mol. The molecule has 0 unspecified atom stereocenters. The molecule has 0 saturated carbocycles. The minimum atomic E-state index is 0.881. The van der Waals surface area contributed by atoms with E-state index in [0.717, 1.165) is 12.1 Å². The molecule has 0 radical (unpaired) electrons. The Balaban J connectivity index is 2.16. The van der Waals surface area contributed by atoms with Crippen molar-refractivity contribution in [3.8, 4) is 11.1 Å². The highest BCUT2D eigenvalue weighted by molar-refractivity contribution is 5.93. The molecular formula is C17H16N2. The Bertz CT molecular complexity index is 699. The molecule has 1 N–H and O–H groups in total. The van der Waals surface area contributed by atoms with E-state index in [-0.39, 0.29) is 0 Å². The largest absolute Gasteiger partial charge is 0.316 e. The summed E-state index contributed by atoms with van der Waals surface area (Å²) in [5.74, 6) is 0. The van der Waals surface area contributed by atoms with Gasteiger partial charge in [0.15, 0.2) is 0 Å². The number of benzene rings is 2. The van der Waals surface area contributed by atoms with Gasteiger partial charge in [-0.25, -0.2) is 0 Å². The van der Waals surface area contributed by atoms with E-state index in [4.69, 9.17) is 0 Å². The van der Waals surface area contributed by atoms with E-state index >= 15 is 0 Å². The fourth-order valence-corrected chi connectivity index (χ4v) is 2.39. The molecule has 3 aromatic rings. The predicted octanol–water partition coefficient (Wildman–Crippen LogP) is 3.62. The zero-order valence-electron chi connectivity index (χ0n) is 10.9. The van der Waals surface area contributed by atoms with Crippen molar-refractivity contribution in [1.29, 1.82) is 0 Å². The van der Waals surface area contributed by atoms with Crippen LogP contribution < -0.4 is 5.32 Å². The summed E-state index contributed by atoms with van der Waals surface area (Å²) in [5, 5.41) is 4.36. The number of nitrogens with zero attached hydrogens (tertiary/aromatic N) is 1. The Morgan fingerprint density at radius 1 is 1.00 bits per heavy atom. The van der Waals surface area contributed by atoms with Crippen molar-refractivity contribution < 1.29 is 0 Å². The van der Waals surface area contributed by atoms with Crippen LogP contribution >= 0.6 is 0 Å². The van der Waals surface area contributed by atoms with Crippen LogP contribution in [0.5, 0.6) is 0 Å². The molecule has 0 aliphatic heterocycles. The van der Waals surface area contributed by atoms with Gasteiger partial charge in [0.1, 0.15) is 0 Å². The lowest BCUT2D eigenvalue weighted by atomic mass is 10.00. The van der Waals surface area contributed by atoms with Gasteiger partial charge in [0.25, 0.3) is 0 Å². The topological polar surface area (TPSA) is 24.9 Å². The molecule has 0 bridgehead atoms. The van der Waals surface area contributed by atoms with Crippen molar-refractivity contribution in [2.75, 3.05) is 7.05 Å². The van der Waals surface area contributed by atoms with E-state index in [1.807, 2.05) is 19.3 Å². The van der Waals surface area contributed by atoms with E-state index in [9.17, 15) is 0 Å². The molecule has 1 heterocycles. The van der Waals surface area contributed by atoms with Crippen molar-refractivity contribution in [3.05, 3.63) is 66.4 Å². The maximum atomic E-state index is 4.52. The van der Waals surface area contributed by atoms with Gasteiger partial charge in [0.05, 0.1) is 5.52 Å². The van der Waals surface area contributed by atoms with E-state index < -0.39 is 0 Å². The minimum Gasteiger partial charge on any atom is -0.316 e. The van der Waals surface area contributed by atoms with Gasteiger partial charge in [-0.3, -0.25) is 4.98 Å². The molecule has 0 fully saturated rings. The molecule has 0 saturated heterocycles. The standard InChI is InChI=1S/C17H16N2/c1-18-12-13-5-2-7-15(11-13)16-9-3-6-14-8-4-10-19-17(14)16/h2-11,18H,12H2,1H3. The van der Waals surface area contributed by atoms with Crippen molar-refractivity contribution >= 4 is 10.9 Å². The molecule has 2 heteroatoms. The van der Waals surface area contributed by atoms with Crippen LogP contribution in [0.3, 0.4) is 0 Å². The number of aromatic nitrogens is 1. The summed E-state index contributed by atoms with van der Waals surface area (Å²) in [6.45, 7) is 0.881. The summed E-state index contributed by atoms with van der Waals surface area (Å²) in [6, 6.07) is 19.0.